The van der Waals surface area contributed by atoms with Gasteiger partial charge in [-0.15, -0.1) is 0 Å². The van der Waals surface area contributed by atoms with Crippen molar-refractivity contribution >= 4 is 0 Å². The molecule has 1 aliphatic heterocycles. The van der Waals surface area contributed by atoms with Crippen molar-refractivity contribution in [1.29, 1.82) is 0 Å². The number of benzene rings is 2. The predicted octanol–water partition coefficient (Wildman–Crippen LogP) is 3.48. The van der Waals surface area contributed by atoms with Crippen molar-refractivity contribution in [2.45, 2.75) is 32.5 Å². The van der Waals surface area contributed by atoms with E-state index in [0.29, 0.717) is 12.0 Å². The van der Waals surface area contributed by atoms with E-state index in [1.807, 2.05) is 44.2 Å². The summed E-state index contributed by atoms with van der Waals surface area (Å²) in [6.45, 7) is 3.66. The highest BCUT2D eigenvalue weighted by atomic mass is 19.1. The summed E-state index contributed by atoms with van der Waals surface area (Å²) in [5.41, 5.74) is 3.01. The summed E-state index contributed by atoms with van der Waals surface area (Å²) in [6, 6.07) is 11.0. The minimum atomic E-state index is -0.956. The molecule has 0 spiro atoms. The van der Waals surface area contributed by atoms with Crippen LogP contribution in [0.4, 0.5) is 4.39 Å². The zero-order chi connectivity index (χ0) is 14.3. The average Bonchev–Trinajstić information content (AvgIpc) is 2.81. The van der Waals surface area contributed by atoms with Crippen LogP contribution in [0.2, 0.25) is 0 Å². The van der Waals surface area contributed by atoms with Crippen molar-refractivity contribution in [1.82, 2.24) is 0 Å². The highest BCUT2D eigenvalue weighted by molar-refractivity contribution is 5.40. The molecule has 0 bridgehead atoms. The quantitative estimate of drug-likeness (QED) is 0.907. The van der Waals surface area contributed by atoms with Crippen molar-refractivity contribution in [2.24, 2.45) is 0 Å². The standard InChI is InChI=1S/C17H17FO2/c1-10-7-11(2)16(13(18)8-10)17(19)15-9-12-5-3-4-6-14(12)20-15/h3-8,15,17,19H,9H2,1-2H3. The third-order valence-corrected chi connectivity index (χ3v) is 3.80. The molecule has 0 saturated carbocycles. The van der Waals surface area contributed by atoms with Gasteiger partial charge in [0.1, 0.15) is 23.8 Å². The third kappa shape index (κ3) is 2.18. The van der Waals surface area contributed by atoms with E-state index >= 15 is 0 Å². The van der Waals surface area contributed by atoms with Gasteiger partial charge in [0.15, 0.2) is 0 Å². The second-order valence-electron chi connectivity index (χ2n) is 5.39. The van der Waals surface area contributed by atoms with Gasteiger partial charge in [-0.1, -0.05) is 24.3 Å². The Labute approximate surface area is 117 Å². The third-order valence-electron chi connectivity index (χ3n) is 3.80. The molecule has 0 aliphatic carbocycles. The fourth-order valence-electron chi connectivity index (χ4n) is 2.87. The summed E-state index contributed by atoms with van der Waals surface area (Å²) in [5, 5.41) is 10.5. The van der Waals surface area contributed by atoms with Gasteiger partial charge in [0, 0.05) is 12.0 Å². The van der Waals surface area contributed by atoms with Crippen LogP contribution in [-0.2, 0) is 6.42 Å². The SMILES string of the molecule is Cc1cc(C)c(C(O)C2Cc3ccccc3O2)c(F)c1. The molecule has 0 aromatic heterocycles. The fraction of sp³-hybridized carbons (Fsp3) is 0.294. The van der Waals surface area contributed by atoms with Gasteiger partial charge in [-0.2, -0.15) is 0 Å². The van der Waals surface area contributed by atoms with Gasteiger partial charge in [-0.05, 0) is 42.7 Å². The molecular formula is C17H17FO2. The smallest absolute Gasteiger partial charge is 0.133 e. The number of para-hydroxylation sites is 1. The van der Waals surface area contributed by atoms with Gasteiger partial charge in [-0.3, -0.25) is 0 Å². The van der Waals surface area contributed by atoms with Crippen molar-refractivity contribution in [3.05, 3.63) is 64.5 Å². The summed E-state index contributed by atoms with van der Waals surface area (Å²) in [6.07, 6.45) is -0.782. The van der Waals surface area contributed by atoms with E-state index < -0.39 is 12.2 Å². The maximum absolute atomic E-state index is 14.1. The van der Waals surface area contributed by atoms with E-state index in [0.717, 1.165) is 22.4 Å². The summed E-state index contributed by atoms with van der Waals surface area (Å²) >= 11 is 0. The Morgan fingerprint density at radius 3 is 2.70 bits per heavy atom. The van der Waals surface area contributed by atoms with Gasteiger partial charge in [0.25, 0.3) is 0 Å². The Morgan fingerprint density at radius 1 is 1.25 bits per heavy atom. The molecule has 3 rings (SSSR count). The van der Waals surface area contributed by atoms with E-state index in [1.165, 1.54) is 6.07 Å². The Kier molecular flexibility index (Phi) is 3.22. The largest absolute Gasteiger partial charge is 0.487 e. The number of hydrogen-bond acceptors (Lipinski definition) is 2. The number of aliphatic hydroxyl groups excluding tert-OH is 1. The van der Waals surface area contributed by atoms with Crippen LogP contribution in [0.3, 0.4) is 0 Å². The second-order valence-corrected chi connectivity index (χ2v) is 5.39. The van der Waals surface area contributed by atoms with Crippen LogP contribution in [0, 0.1) is 19.7 Å². The van der Waals surface area contributed by atoms with E-state index in [9.17, 15) is 9.50 Å². The van der Waals surface area contributed by atoms with E-state index in [1.54, 1.807) is 0 Å². The Morgan fingerprint density at radius 2 is 2.00 bits per heavy atom. The summed E-state index contributed by atoms with van der Waals surface area (Å²) in [7, 11) is 0. The van der Waals surface area contributed by atoms with Crippen LogP contribution in [-0.4, -0.2) is 11.2 Å². The molecule has 2 nitrogen and oxygen atoms in total. The summed E-state index contributed by atoms with van der Waals surface area (Å²) in [4.78, 5) is 0. The molecule has 2 atom stereocenters. The molecule has 1 N–H and O–H groups in total. The van der Waals surface area contributed by atoms with E-state index in [-0.39, 0.29) is 5.82 Å². The molecule has 0 fully saturated rings. The lowest BCUT2D eigenvalue weighted by atomic mass is 9.95. The minimum Gasteiger partial charge on any atom is -0.487 e. The number of fused-ring (bicyclic) bond motifs is 1. The normalized spacial score (nSPS) is 18.5. The zero-order valence-corrected chi connectivity index (χ0v) is 11.6. The molecule has 20 heavy (non-hydrogen) atoms. The number of aryl methyl sites for hydroxylation is 2. The molecule has 2 aromatic rings. The van der Waals surface area contributed by atoms with Gasteiger partial charge >= 0.3 is 0 Å². The van der Waals surface area contributed by atoms with Crippen LogP contribution in [0.15, 0.2) is 36.4 Å². The number of rotatable bonds is 2. The monoisotopic (exact) mass is 272 g/mol. The first-order chi connectivity index (χ1) is 9.56. The van der Waals surface area contributed by atoms with E-state index in [4.69, 9.17) is 4.74 Å². The Bertz CT molecular complexity index is 603. The van der Waals surface area contributed by atoms with Crippen LogP contribution >= 0.6 is 0 Å². The maximum atomic E-state index is 14.1. The van der Waals surface area contributed by atoms with E-state index in [2.05, 4.69) is 0 Å². The molecule has 1 heterocycles. The highest BCUT2D eigenvalue weighted by Crippen LogP contribution is 2.35. The lowest BCUT2D eigenvalue weighted by Crippen LogP contribution is -2.24. The molecule has 2 unspecified atom stereocenters. The van der Waals surface area contributed by atoms with Crippen LogP contribution in [0.25, 0.3) is 0 Å². The predicted molar refractivity (Wildman–Crippen MR) is 75.4 cm³/mol. The minimum absolute atomic E-state index is 0.341. The number of aliphatic hydroxyl groups is 1. The average molecular weight is 272 g/mol. The lowest BCUT2D eigenvalue weighted by Gasteiger charge is -2.21. The van der Waals surface area contributed by atoms with Gasteiger partial charge < -0.3 is 9.84 Å². The van der Waals surface area contributed by atoms with Crippen LogP contribution < -0.4 is 4.74 Å². The lowest BCUT2D eigenvalue weighted by molar-refractivity contribution is 0.0462. The van der Waals surface area contributed by atoms with Crippen molar-refractivity contribution in [3.63, 3.8) is 0 Å². The van der Waals surface area contributed by atoms with Crippen LogP contribution in [0.5, 0.6) is 5.75 Å². The number of halogens is 1. The second kappa shape index (κ2) is 4.91. The highest BCUT2D eigenvalue weighted by Gasteiger charge is 2.32. The van der Waals surface area contributed by atoms with Crippen LogP contribution in [0.1, 0.15) is 28.4 Å². The van der Waals surface area contributed by atoms with Gasteiger partial charge in [-0.25, -0.2) is 4.39 Å². The first kappa shape index (κ1) is 13.1. The number of hydrogen-bond donors (Lipinski definition) is 1. The van der Waals surface area contributed by atoms with Crippen molar-refractivity contribution < 1.29 is 14.2 Å². The van der Waals surface area contributed by atoms with Crippen molar-refractivity contribution in [3.8, 4) is 5.75 Å². The molecule has 0 radical (unpaired) electrons. The van der Waals surface area contributed by atoms with Crippen molar-refractivity contribution in [2.75, 3.05) is 0 Å². The molecule has 0 amide bonds. The Hall–Kier alpha value is -1.87. The molecule has 0 saturated heterocycles. The molecule has 2 aromatic carbocycles. The fourth-order valence-corrected chi connectivity index (χ4v) is 2.87. The molecule has 104 valence electrons. The Balaban J connectivity index is 1.90. The van der Waals surface area contributed by atoms with Gasteiger partial charge in [0.05, 0.1) is 0 Å². The van der Waals surface area contributed by atoms with Gasteiger partial charge in [0.2, 0.25) is 0 Å². The molecule has 3 heteroatoms. The number of ether oxygens (including phenoxy) is 1. The topological polar surface area (TPSA) is 29.5 Å². The first-order valence-electron chi connectivity index (χ1n) is 6.75. The molecular weight excluding hydrogens is 255 g/mol. The molecule has 1 aliphatic rings. The summed E-state index contributed by atoms with van der Waals surface area (Å²) in [5.74, 6) is 0.413. The maximum Gasteiger partial charge on any atom is 0.133 e. The first-order valence-corrected chi connectivity index (χ1v) is 6.75. The summed E-state index contributed by atoms with van der Waals surface area (Å²) < 4.78 is 19.9. The zero-order valence-electron chi connectivity index (χ0n) is 11.6.